The SMILES string of the molecule is CCC1(N)CN(C(=O)Cc2cccc(O)c2)C1. The minimum atomic E-state index is -0.186. The highest BCUT2D eigenvalue weighted by atomic mass is 16.3. The molecule has 0 bridgehead atoms. The van der Waals surface area contributed by atoms with Crippen LogP contribution in [0.25, 0.3) is 0 Å². The van der Waals surface area contributed by atoms with Crippen LogP contribution < -0.4 is 5.73 Å². The first-order chi connectivity index (χ1) is 8.02. The Hall–Kier alpha value is -1.55. The van der Waals surface area contributed by atoms with Crippen LogP contribution in [0, 0.1) is 0 Å². The molecule has 0 unspecified atom stereocenters. The number of hydrogen-bond acceptors (Lipinski definition) is 3. The molecule has 4 nitrogen and oxygen atoms in total. The second kappa shape index (κ2) is 4.37. The van der Waals surface area contributed by atoms with Crippen molar-refractivity contribution in [2.45, 2.75) is 25.3 Å². The van der Waals surface area contributed by atoms with Crippen molar-refractivity contribution in [3.05, 3.63) is 29.8 Å². The van der Waals surface area contributed by atoms with Gasteiger partial charge >= 0.3 is 0 Å². The summed E-state index contributed by atoms with van der Waals surface area (Å²) in [6.45, 7) is 3.32. The monoisotopic (exact) mass is 234 g/mol. The molecule has 1 aromatic rings. The maximum atomic E-state index is 11.9. The molecule has 0 aliphatic carbocycles. The summed E-state index contributed by atoms with van der Waals surface area (Å²) in [6, 6.07) is 6.80. The van der Waals surface area contributed by atoms with Gasteiger partial charge < -0.3 is 15.7 Å². The van der Waals surface area contributed by atoms with E-state index in [1.807, 2.05) is 13.0 Å². The van der Waals surface area contributed by atoms with Gasteiger partial charge in [-0.2, -0.15) is 0 Å². The Morgan fingerprint density at radius 1 is 1.53 bits per heavy atom. The summed E-state index contributed by atoms with van der Waals surface area (Å²) in [7, 11) is 0. The number of phenolic OH excluding ortho intramolecular Hbond substituents is 1. The fraction of sp³-hybridized carbons (Fsp3) is 0.462. The Balaban J connectivity index is 1.91. The summed E-state index contributed by atoms with van der Waals surface area (Å²) in [5.74, 6) is 0.269. The van der Waals surface area contributed by atoms with Crippen LogP contribution in [0.1, 0.15) is 18.9 Å². The van der Waals surface area contributed by atoms with Gasteiger partial charge in [0.1, 0.15) is 5.75 Å². The smallest absolute Gasteiger partial charge is 0.227 e. The topological polar surface area (TPSA) is 66.6 Å². The summed E-state index contributed by atoms with van der Waals surface area (Å²) in [6.07, 6.45) is 1.22. The molecular weight excluding hydrogens is 216 g/mol. The Morgan fingerprint density at radius 2 is 2.24 bits per heavy atom. The van der Waals surface area contributed by atoms with Crippen LogP contribution in [0.15, 0.2) is 24.3 Å². The van der Waals surface area contributed by atoms with Gasteiger partial charge in [-0.05, 0) is 24.1 Å². The first-order valence-electron chi connectivity index (χ1n) is 5.87. The van der Waals surface area contributed by atoms with Gasteiger partial charge in [-0.1, -0.05) is 19.1 Å². The molecule has 1 amide bonds. The highest BCUT2D eigenvalue weighted by Crippen LogP contribution is 2.22. The van der Waals surface area contributed by atoms with Gasteiger partial charge in [-0.15, -0.1) is 0 Å². The summed E-state index contributed by atoms with van der Waals surface area (Å²) >= 11 is 0. The average Bonchev–Trinajstić information content (AvgIpc) is 2.24. The maximum Gasteiger partial charge on any atom is 0.227 e. The molecule has 1 aliphatic rings. The van der Waals surface area contributed by atoms with Crippen molar-refractivity contribution in [3.63, 3.8) is 0 Å². The number of nitrogens with two attached hydrogens (primary N) is 1. The van der Waals surface area contributed by atoms with Crippen molar-refractivity contribution < 1.29 is 9.90 Å². The number of amides is 1. The fourth-order valence-corrected chi connectivity index (χ4v) is 2.07. The van der Waals surface area contributed by atoms with E-state index < -0.39 is 0 Å². The van der Waals surface area contributed by atoms with E-state index in [0.717, 1.165) is 12.0 Å². The molecule has 4 heteroatoms. The van der Waals surface area contributed by atoms with Crippen LogP contribution in [-0.4, -0.2) is 34.5 Å². The number of aromatic hydroxyl groups is 1. The number of rotatable bonds is 3. The molecule has 1 fully saturated rings. The number of carbonyl (C=O) groups is 1. The Morgan fingerprint density at radius 3 is 2.82 bits per heavy atom. The zero-order valence-corrected chi connectivity index (χ0v) is 10.0. The summed E-state index contributed by atoms with van der Waals surface area (Å²) in [5.41, 5.74) is 6.66. The molecule has 3 N–H and O–H groups in total. The van der Waals surface area contributed by atoms with Crippen molar-refractivity contribution in [1.29, 1.82) is 0 Å². The van der Waals surface area contributed by atoms with E-state index in [-0.39, 0.29) is 17.2 Å². The summed E-state index contributed by atoms with van der Waals surface area (Å²) < 4.78 is 0. The van der Waals surface area contributed by atoms with Crippen LogP contribution >= 0.6 is 0 Å². The third kappa shape index (κ3) is 2.58. The molecule has 2 rings (SSSR count). The first kappa shape index (κ1) is 11.9. The van der Waals surface area contributed by atoms with Gasteiger partial charge in [0.15, 0.2) is 0 Å². The first-order valence-corrected chi connectivity index (χ1v) is 5.87. The lowest BCUT2D eigenvalue weighted by atomic mass is 9.88. The van der Waals surface area contributed by atoms with E-state index in [1.165, 1.54) is 0 Å². The molecule has 0 atom stereocenters. The lowest BCUT2D eigenvalue weighted by Crippen LogP contribution is -2.68. The Kier molecular flexibility index (Phi) is 3.07. The molecular formula is C13H18N2O2. The fourth-order valence-electron chi connectivity index (χ4n) is 2.07. The van der Waals surface area contributed by atoms with Crippen LogP contribution in [0.5, 0.6) is 5.75 Å². The number of carbonyl (C=O) groups excluding carboxylic acids is 1. The van der Waals surface area contributed by atoms with Gasteiger partial charge in [0.05, 0.1) is 12.0 Å². The van der Waals surface area contributed by atoms with E-state index in [4.69, 9.17) is 5.73 Å². The van der Waals surface area contributed by atoms with Crippen LogP contribution in [0.3, 0.4) is 0 Å². The zero-order chi connectivity index (χ0) is 12.5. The number of hydrogen-bond donors (Lipinski definition) is 2. The predicted octanol–water partition coefficient (Wildman–Crippen LogP) is 0.884. The molecule has 0 saturated carbocycles. The number of phenols is 1. The Bertz CT molecular complexity index is 425. The van der Waals surface area contributed by atoms with Crippen LogP contribution in [0.4, 0.5) is 0 Å². The van der Waals surface area contributed by atoms with Crippen molar-refractivity contribution in [2.75, 3.05) is 13.1 Å². The molecule has 1 aliphatic heterocycles. The molecule has 1 aromatic carbocycles. The van der Waals surface area contributed by atoms with E-state index in [1.54, 1.807) is 23.1 Å². The second-order valence-corrected chi connectivity index (χ2v) is 4.81. The lowest BCUT2D eigenvalue weighted by molar-refractivity contribution is -0.137. The lowest BCUT2D eigenvalue weighted by Gasteiger charge is -2.47. The minimum Gasteiger partial charge on any atom is -0.508 e. The van der Waals surface area contributed by atoms with E-state index >= 15 is 0 Å². The van der Waals surface area contributed by atoms with Crippen LogP contribution in [-0.2, 0) is 11.2 Å². The van der Waals surface area contributed by atoms with E-state index in [9.17, 15) is 9.90 Å². The van der Waals surface area contributed by atoms with Gasteiger partial charge in [0.25, 0.3) is 0 Å². The molecule has 0 radical (unpaired) electrons. The highest BCUT2D eigenvalue weighted by molar-refractivity contribution is 5.80. The maximum absolute atomic E-state index is 11.9. The van der Waals surface area contributed by atoms with Crippen molar-refractivity contribution in [3.8, 4) is 5.75 Å². The molecule has 1 saturated heterocycles. The highest BCUT2D eigenvalue weighted by Gasteiger charge is 2.39. The third-order valence-corrected chi connectivity index (χ3v) is 3.33. The standard InChI is InChI=1S/C13H18N2O2/c1-2-13(14)8-15(9-13)12(17)7-10-4-3-5-11(16)6-10/h3-6,16H,2,7-9,14H2,1H3. The minimum absolute atomic E-state index is 0.0742. The molecule has 1 heterocycles. The number of nitrogens with zero attached hydrogens (tertiary/aromatic N) is 1. The van der Waals surface area contributed by atoms with Gasteiger partial charge in [-0.3, -0.25) is 4.79 Å². The Labute approximate surface area is 101 Å². The largest absolute Gasteiger partial charge is 0.508 e. The van der Waals surface area contributed by atoms with E-state index in [0.29, 0.717) is 19.5 Å². The van der Waals surface area contributed by atoms with Gasteiger partial charge in [-0.25, -0.2) is 0 Å². The summed E-state index contributed by atoms with van der Waals surface area (Å²) in [4.78, 5) is 13.7. The zero-order valence-electron chi connectivity index (χ0n) is 10.0. The van der Waals surface area contributed by atoms with Gasteiger partial charge in [0.2, 0.25) is 5.91 Å². The molecule has 17 heavy (non-hydrogen) atoms. The summed E-state index contributed by atoms with van der Waals surface area (Å²) in [5, 5.41) is 9.31. The third-order valence-electron chi connectivity index (χ3n) is 3.33. The van der Waals surface area contributed by atoms with Crippen molar-refractivity contribution in [2.24, 2.45) is 5.73 Å². The normalized spacial score (nSPS) is 17.6. The number of likely N-dealkylation sites (tertiary alicyclic amines) is 1. The quantitative estimate of drug-likeness (QED) is 0.816. The van der Waals surface area contributed by atoms with Crippen LogP contribution in [0.2, 0.25) is 0 Å². The van der Waals surface area contributed by atoms with E-state index in [2.05, 4.69) is 0 Å². The van der Waals surface area contributed by atoms with Crippen molar-refractivity contribution >= 4 is 5.91 Å². The number of benzene rings is 1. The average molecular weight is 234 g/mol. The molecule has 92 valence electrons. The molecule has 0 aromatic heterocycles. The van der Waals surface area contributed by atoms with Crippen molar-refractivity contribution in [1.82, 2.24) is 4.90 Å². The predicted molar refractivity (Wildman–Crippen MR) is 65.6 cm³/mol. The second-order valence-electron chi connectivity index (χ2n) is 4.81. The molecule has 0 spiro atoms. The van der Waals surface area contributed by atoms with Gasteiger partial charge in [0, 0.05) is 13.1 Å².